The second-order valence-corrected chi connectivity index (χ2v) is 9.11. The number of piperazine rings is 1. The smallest absolute Gasteiger partial charge is 0.191 e. The summed E-state index contributed by atoms with van der Waals surface area (Å²) in [5.41, 5.74) is 2.41. The highest BCUT2D eigenvalue weighted by molar-refractivity contribution is 14.0. The maximum absolute atomic E-state index is 6.34. The van der Waals surface area contributed by atoms with Crippen molar-refractivity contribution in [3.8, 4) is 5.75 Å². The Morgan fingerprint density at radius 3 is 2.56 bits per heavy atom. The van der Waals surface area contributed by atoms with Crippen LogP contribution in [0.15, 0.2) is 23.2 Å². The van der Waals surface area contributed by atoms with Gasteiger partial charge in [0.1, 0.15) is 5.75 Å². The van der Waals surface area contributed by atoms with Gasteiger partial charge < -0.3 is 25.2 Å². The standard InChI is InChI=1S/C25H43N5O.HI/c1-4-26-25(27-13-7-8-14-30-17-15-29(3)16-18-30)28-20-22-12-11-21(2)19-24(22)31-23-9-5-6-10-23;/h11-12,19,23H,4-10,13-18,20H2,1-3H3,(H2,26,27,28);1H. The zero-order valence-electron chi connectivity index (χ0n) is 20.4. The average molecular weight is 558 g/mol. The second-order valence-electron chi connectivity index (χ2n) is 9.11. The number of likely N-dealkylation sites (N-methyl/N-ethyl adjacent to an activating group) is 1. The highest BCUT2D eigenvalue weighted by Gasteiger charge is 2.18. The van der Waals surface area contributed by atoms with Crippen LogP contribution < -0.4 is 15.4 Å². The third-order valence-corrected chi connectivity index (χ3v) is 6.36. The fourth-order valence-corrected chi connectivity index (χ4v) is 4.33. The molecule has 3 rings (SSSR count). The number of rotatable bonds is 10. The van der Waals surface area contributed by atoms with E-state index >= 15 is 0 Å². The molecule has 0 atom stereocenters. The summed E-state index contributed by atoms with van der Waals surface area (Å²) in [6.07, 6.45) is 7.69. The summed E-state index contributed by atoms with van der Waals surface area (Å²) >= 11 is 0. The molecule has 182 valence electrons. The van der Waals surface area contributed by atoms with Crippen LogP contribution in [0.4, 0.5) is 0 Å². The molecule has 0 bridgehead atoms. The summed E-state index contributed by atoms with van der Waals surface area (Å²) in [5.74, 6) is 1.91. The van der Waals surface area contributed by atoms with E-state index in [0.29, 0.717) is 12.6 Å². The Balaban J connectivity index is 0.00000363. The minimum atomic E-state index is 0. The van der Waals surface area contributed by atoms with E-state index < -0.39 is 0 Å². The van der Waals surface area contributed by atoms with Crippen LogP contribution in [0.1, 0.15) is 56.6 Å². The van der Waals surface area contributed by atoms with Crippen LogP contribution in [-0.2, 0) is 6.54 Å². The van der Waals surface area contributed by atoms with E-state index in [9.17, 15) is 0 Å². The van der Waals surface area contributed by atoms with Crippen LogP contribution in [0.5, 0.6) is 5.75 Å². The van der Waals surface area contributed by atoms with Gasteiger partial charge in [0.2, 0.25) is 0 Å². The van der Waals surface area contributed by atoms with Crippen LogP contribution in [0.3, 0.4) is 0 Å². The van der Waals surface area contributed by atoms with Crippen molar-refractivity contribution in [2.45, 2.75) is 65.0 Å². The van der Waals surface area contributed by atoms with E-state index in [1.165, 1.54) is 76.0 Å². The zero-order chi connectivity index (χ0) is 21.9. The Labute approximate surface area is 212 Å². The number of nitrogens with zero attached hydrogens (tertiary/aromatic N) is 3. The number of halogens is 1. The van der Waals surface area contributed by atoms with Crippen molar-refractivity contribution >= 4 is 29.9 Å². The monoisotopic (exact) mass is 557 g/mol. The molecule has 2 fully saturated rings. The summed E-state index contributed by atoms with van der Waals surface area (Å²) in [4.78, 5) is 9.84. The second kappa shape index (κ2) is 15.0. The van der Waals surface area contributed by atoms with Gasteiger partial charge in [-0.3, -0.25) is 0 Å². The van der Waals surface area contributed by atoms with E-state index in [1.54, 1.807) is 0 Å². The first-order valence-corrected chi connectivity index (χ1v) is 12.3. The van der Waals surface area contributed by atoms with Crippen molar-refractivity contribution in [3.05, 3.63) is 29.3 Å². The molecule has 0 aromatic heterocycles. The number of hydrogen-bond acceptors (Lipinski definition) is 4. The van der Waals surface area contributed by atoms with Crippen molar-refractivity contribution in [1.29, 1.82) is 0 Å². The Morgan fingerprint density at radius 1 is 1.09 bits per heavy atom. The molecule has 1 aliphatic heterocycles. The highest BCUT2D eigenvalue weighted by Crippen LogP contribution is 2.28. The minimum absolute atomic E-state index is 0. The molecular weight excluding hydrogens is 513 g/mol. The molecule has 2 N–H and O–H groups in total. The van der Waals surface area contributed by atoms with E-state index in [1.807, 2.05) is 0 Å². The van der Waals surface area contributed by atoms with E-state index in [4.69, 9.17) is 9.73 Å². The minimum Gasteiger partial charge on any atom is -0.490 e. The first kappa shape index (κ1) is 27.2. The first-order chi connectivity index (χ1) is 15.1. The quantitative estimate of drug-likeness (QED) is 0.197. The van der Waals surface area contributed by atoms with Gasteiger partial charge in [0.05, 0.1) is 12.6 Å². The van der Waals surface area contributed by atoms with Crippen molar-refractivity contribution < 1.29 is 4.74 Å². The number of aryl methyl sites for hydroxylation is 1. The van der Waals surface area contributed by atoms with Gasteiger partial charge in [-0.25, -0.2) is 4.99 Å². The number of benzene rings is 1. The molecule has 1 heterocycles. The van der Waals surface area contributed by atoms with Gasteiger partial charge in [-0.05, 0) is 77.6 Å². The molecule has 1 saturated heterocycles. The van der Waals surface area contributed by atoms with Crippen LogP contribution in [-0.4, -0.2) is 74.7 Å². The van der Waals surface area contributed by atoms with Gasteiger partial charge in [0.25, 0.3) is 0 Å². The van der Waals surface area contributed by atoms with Crippen molar-refractivity contribution in [2.75, 3.05) is 52.9 Å². The number of unbranched alkanes of at least 4 members (excludes halogenated alkanes) is 1. The molecule has 1 aromatic carbocycles. The summed E-state index contributed by atoms with van der Waals surface area (Å²) in [5, 5.41) is 6.90. The molecule has 0 spiro atoms. The normalized spacial score (nSPS) is 18.4. The summed E-state index contributed by atoms with van der Waals surface area (Å²) in [6.45, 7) is 12.7. The number of guanidine groups is 1. The third kappa shape index (κ3) is 9.43. The summed E-state index contributed by atoms with van der Waals surface area (Å²) < 4.78 is 6.34. The predicted octanol–water partition coefficient (Wildman–Crippen LogP) is 4.02. The number of hydrogen-bond donors (Lipinski definition) is 2. The van der Waals surface area contributed by atoms with E-state index in [2.05, 4.69) is 59.5 Å². The molecule has 1 aliphatic carbocycles. The van der Waals surface area contributed by atoms with Crippen molar-refractivity contribution in [2.24, 2.45) is 4.99 Å². The average Bonchev–Trinajstić information content (AvgIpc) is 3.27. The number of nitrogens with one attached hydrogen (secondary N) is 2. The van der Waals surface area contributed by atoms with Gasteiger partial charge in [-0.1, -0.05) is 12.1 Å². The molecule has 32 heavy (non-hydrogen) atoms. The lowest BCUT2D eigenvalue weighted by molar-refractivity contribution is 0.152. The van der Waals surface area contributed by atoms with Gasteiger partial charge in [-0.2, -0.15) is 0 Å². The number of ether oxygens (including phenoxy) is 1. The molecule has 7 heteroatoms. The molecule has 0 radical (unpaired) electrons. The first-order valence-electron chi connectivity index (χ1n) is 12.3. The van der Waals surface area contributed by atoms with Gasteiger partial charge in [-0.15, -0.1) is 24.0 Å². The molecule has 2 aliphatic rings. The Hall–Kier alpha value is -1.06. The topological polar surface area (TPSA) is 52.1 Å². The van der Waals surface area contributed by atoms with Gasteiger partial charge in [0.15, 0.2) is 5.96 Å². The molecule has 0 amide bonds. The van der Waals surface area contributed by atoms with Crippen LogP contribution in [0.25, 0.3) is 0 Å². The van der Waals surface area contributed by atoms with Crippen molar-refractivity contribution in [1.82, 2.24) is 20.4 Å². The van der Waals surface area contributed by atoms with E-state index in [0.717, 1.165) is 31.2 Å². The molecule has 1 saturated carbocycles. The Morgan fingerprint density at radius 2 is 1.84 bits per heavy atom. The van der Waals surface area contributed by atoms with Gasteiger partial charge >= 0.3 is 0 Å². The maximum atomic E-state index is 6.34. The molecular formula is C25H44IN5O. The lowest BCUT2D eigenvalue weighted by Crippen LogP contribution is -2.44. The fourth-order valence-electron chi connectivity index (χ4n) is 4.33. The van der Waals surface area contributed by atoms with Crippen molar-refractivity contribution in [3.63, 3.8) is 0 Å². The maximum Gasteiger partial charge on any atom is 0.191 e. The highest BCUT2D eigenvalue weighted by atomic mass is 127. The van der Waals surface area contributed by atoms with Crippen LogP contribution in [0.2, 0.25) is 0 Å². The SMILES string of the molecule is CCNC(=NCc1ccc(C)cc1OC1CCCC1)NCCCCN1CCN(C)CC1.I. The zero-order valence-corrected chi connectivity index (χ0v) is 22.7. The van der Waals surface area contributed by atoms with Gasteiger partial charge in [0, 0.05) is 44.8 Å². The largest absolute Gasteiger partial charge is 0.490 e. The summed E-state index contributed by atoms with van der Waals surface area (Å²) in [6, 6.07) is 6.50. The molecule has 0 unspecified atom stereocenters. The lowest BCUT2D eigenvalue weighted by atomic mass is 10.1. The van der Waals surface area contributed by atoms with Crippen LogP contribution in [0, 0.1) is 6.92 Å². The lowest BCUT2D eigenvalue weighted by Gasteiger charge is -2.32. The Kier molecular flexibility index (Phi) is 12.7. The predicted molar refractivity (Wildman–Crippen MR) is 145 cm³/mol. The molecule has 1 aromatic rings. The third-order valence-electron chi connectivity index (χ3n) is 6.36. The van der Waals surface area contributed by atoms with E-state index in [-0.39, 0.29) is 24.0 Å². The summed E-state index contributed by atoms with van der Waals surface area (Å²) in [7, 11) is 2.21. The Bertz CT molecular complexity index is 685. The molecule has 6 nitrogen and oxygen atoms in total. The fraction of sp³-hybridized carbons (Fsp3) is 0.720. The number of aliphatic imine (C=N–C) groups is 1. The van der Waals surface area contributed by atoms with Crippen LogP contribution >= 0.6 is 24.0 Å².